The lowest BCUT2D eigenvalue weighted by Crippen LogP contribution is -2.05. The van der Waals surface area contributed by atoms with E-state index in [0.717, 1.165) is 10.7 Å². The second-order valence-corrected chi connectivity index (χ2v) is 6.66. The van der Waals surface area contributed by atoms with E-state index in [1.807, 2.05) is 6.92 Å². The van der Waals surface area contributed by atoms with E-state index < -0.39 is 0 Å². The zero-order valence-electron chi connectivity index (χ0n) is 11.6. The Morgan fingerprint density at radius 3 is 2.68 bits per heavy atom. The van der Waals surface area contributed by atoms with Crippen molar-refractivity contribution in [1.82, 2.24) is 4.98 Å². The number of benzene rings is 1. The standard InChI is InChI=1S/C16H20N2S/c1-10(17)16-15(18-11(2)19-16)14-8-7-12-5-3-4-6-13(12)9-14/h7-10H,3-6,17H2,1-2H3. The summed E-state index contributed by atoms with van der Waals surface area (Å²) in [4.78, 5) is 5.89. The van der Waals surface area contributed by atoms with Crippen molar-refractivity contribution in [2.24, 2.45) is 5.73 Å². The maximum absolute atomic E-state index is 6.07. The third kappa shape index (κ3) is 2.45. The van der Waals surface area contributed by atoms with Gasteiger partial charge in [-0.25, -0.2) is 4.98 Å². The predicted molar refractivity (Wildman–Crippen MR) is 81.5 cm³/mol. The Labute approximate surface area is 118 Å². The van der Waals surface area contributed by atoms with E-state index >= 15 is 0 Å². The molecule has 0 aliphatic heterocycles. The summed E-state index contributed by atoms with van der Waals surface area (Å²) in [5.74, 6) is 0. The third-order valence-electron chi connectivity index (χ3n) is 3.80. The fraction of sp³-hybridized carbons (Fsp3) is 0.438. The summed E-state index contributed by atoms with van der Waals surface area (Å²) in [5, 5.41) is 1.10. The predicted octanol–water partition coefficient (Wildman–Crippen LogP) is 4.02. The van der Waals surface area contributed by atoms with E-state index in [9.17, 15) is 0 Å². The molecule has 1 aliphatic carbocycles. The molecule has 0 spiro atoms. The van der Waals surface area contributed by atoms with Crippen LogP contribution in [0.1, 0.15) is 46.8 Å². The molecule has 0 fully saturated rings. The maximum atomic E-state index is 6.07. The van der Waals surface area contributed by atoms with Gasteiger partial charge in [0.2, 0.25) is 0 Å². The molecule has 2 N–H and O–H groups in total. The van der Waals surface area contributed by atoms with Crippen molar-refractivity contribution in [3.05, 3.63) is 39.2 Å². The number of hydrogen-bond donors (Lipinski definition) is 1. The van der Waals surface area contributed by atoms with Crippen molar-refractivity contribution in [2.45, 2.75) is 45.6 Å². The molecule has 1 aromatic heterocycles. The summed E-state index contributed by atoms with van der Waals surface area (Å²) in [6.07, 6.45) is 5.07. The van der Waals surface area contributed by atoms with Crippen LogP contribution in [0.3, 0.4) is 0 Å². The van der Waals surface area contributed by atoms with Gasteiger partial charge in [-0.3, -0.25) is 0 Å². The van der Waals surface area contributed by atoms with E-state index in [-0.39, 0.29) is 6.04 Å². The molecule has 2 aromatic rings. The van der Waals surface area contributed by atoms with Crippen LogP contribution in [0, 0.1) is 6.92 Å². The first-order valence-corrected chi connectivity index (χ1v) is 7.82. The molecule has 1 aromatic carbocycles. The van der Waals surface area contributed by atoms with Gasteiger partial charge in [0, 0.05) is 16.5 Å². The topological polar surface area (TPSA) is 38.9 Å². The Bertz CT molecular complexity index is 599. The minimum Gasteiger partial charge on any atom is -0.323 e. The van der Waals surface area contributed by atoms with Gasteiger partial charge in [0.05, 0.1) is 10.7 Å². The first kappa shape index (κ1) is 12.8. The molecule has 1 heterocycles. The number of fused-ring (bicyclic) bond motifs is 1. The summed E-state index contributed by atoms with van der Waals surface area (Å²) in [6.45, 7) is 4.09. The van der Waals surface area contributed by atoms with E-state index in [1.165, 1.54) is 47.3 Å². The van der Waals surface area contributed by atoms with E-state index in [4.69, 9.17) is 5.73 Å². The number of hydrogen-bond acceptors (Lipinski definition) is 3. The average molecular weight is 272 g/mol. The molecule has 19 heavy (non-hydrogen) atoms. The number of rotatable bonds is 2. The van der Waals surface area contributed by atoms with Crippen molar-refractivity contribution >= 4 is 11.3 Å². The van der Waals surface area contributed by atoms with Crippen LogP contribution in [-0.4, -0.2) is 4.98 Å². The average Bonchev–Trinajstić information content (AvgIpc) is 2.80. The van der Waals surface area contributed by atoms with Crippen LogP contribution in [-0.2, 0) is 12.8 Å². The molecule has 0 amide bonds. The lowest BCUT2D eigenvalue weighted by atomic mass is 9.89. The Morgan fingerprint density at radius 1 is 1.21 bits per heavy atom. The van der Waals surface area contributed by atoms with E-state index in [1.54, 1.807) is 11.3 Å². The fourth-order valence-corrected chi connectivity index (χ4v) is 3.74. The van der Waals surface area contributed by atoms with Gasteiger partial charge in [0.15, 0.2) is 0 Å². The zero-order chi connectivity index (χ0) is 13.4. The Hall–Kier alpha value is -1.19. The van der Waals surface area contributed by atoms with Gasteiger partial charge in [-0.1, -0.05) is 12.1 Å². The molecule has 1 unspecified atom stereocenters. The first-order valence-electron chi connectivity index (χ1n) is 7.00. The molecule has 100 valence electrons. The molecular formula is C16H20N2S. The zero-order valence-corrected chi connectivity index (χ0v) is 12.4. The number of nitrogens with two attached hydrogens (primary N) is 1. The Balaban J connectivity index is 2.07. The van der Waals surface area contributed by atoms with Crippen LogP contribution in [0.15, 0.2) is 18.2 Å². The van der Waals surface area contributed by atoms with Crippen molar-refractivity contribution in [1.29, 1.82) is 0 Å². The quantitative estimate of drug-likeness (QED) is 0.897. The highest BCUT2D eigenvalue weighted by Crippen LogP contribution is 2.34. The van der Waals surface area contributed by atoms with Crippen LogP contribution < -0.4 is 5.73 Å². The molecule has 0 saturated heterocycles. The minimum atomic E-state index is 0.0530. The van der Waals surface area contributed by atoms with Gasteiger partial charge in [-0.2, -0.15) is 0 Å². The first-order chi connectivity index (χ1) is 9.15. The number of thiazole rings is 1. The lowest BCUT2D eigenvalue weighted by Gasteiger charge is -2.16. The summed E-state index contributed by atoms with van der Waals surface area (Å²) in [5.41, 5.74) is 11.4. The molecular weight excluding hydrogens is 252 g/mol. The summed E-state index contributed by atoms with van der Waals surface area (Å²) >= 11 is 1.72. The third-order valence-corrected chi connectivity index (χ3v) is 4.97. The smallest absolute Gasteiger partial charge is 0.0905 e. The van der Waals surface area contributed by atoms with Gasteiger partial charge < -0.3 is 5.73 Å². The SMILES string of the molecule is Cc1nc(-c2ccc3c(c2)CCCC3)c(C(C)N)s1. The highest BCUT2D eigenvalue weighted by Gasteiger charge is 2.16. The fourth-order valence-electron chi connectivity index (χ4n) is 2.84. The molecule has 0 radical (unpaired) electrons. The van der Waals surface area contributed by atoms with Crippen molar-refractivity contribution in [3.8, 4) is 11.3 Å². The number of nitrogens with zero attached hydrogens (tertiary/aromatic N) is 1. The number of aromatic nitrogens is 1. The monoisotopic (exact) mass is 272 g/mol. The van der Waals surface area contributed by atoms with Crippen LogP contribution in [0.2, 0.25) is 0 Å². The van der Waals surface area contributed by atoms with Gasteiger partial charge in [-0.05, 0) is 56.7 Å². The molecule has 0 saturated carbocycles. The summed E-state index contributed by atoms with van der Waals surface area (Å²) < 4.78 is 0. The van der Waals surface area contributed by atoms with Crippen LogP contribution in [0.25, 0.3) is 11.3 Å². The van der Waals surface area contributed by atoms with E-state index in [2.05, 4.69) is 30.1 Å². The highest BCUT2D eigenvalue weighted by molar-refractivity contribution is 7.12. The molecule has 1 atom stereocenters. The molecule has 0 bridgehead atoms. The highest BCUT2D eigenvalue weighted by atomic mass is 32.1. The Morgan fingerprint density at radius 2 is 1.95 bits per heavy atom. The van der Waals surface area contributed by atoms with Crippen LogP contribution in [0.4, 0.5) is 0 Å². The van der Waals surface area contributed by atoms with Crippen molar-refractivity contribution < 1.29 is 0 Å². The number of aryl methyl sites for hydroxylation is 3. The molecule has 1 aliphatic rings. The van der Waals surface area contributed by atoms with Crippen LogP contribution in [0.5, 0.6) is 0 Å². The molecule has 2 nitrogen and oxygen atoms in total. The maximum Gasteiger partial charge on any atom is 0.0905 e. The van der Waals surface area contributed by atoms with Gasteiger partial charge >= 0.3 is 0 Å². The minimum absolute atomic E-state index is 0.0530. The molecule has 3 heteroatoms. The van der Waals surface area contributed by atoms with Gasteiger partial charge in [0.25, 0.3) is 0 Å². The second-order valence-electron chi connectivity index (χ2n) is 5.43. The summed E-state index contributed by atoms with van der Waals surface area (Å²) in [6, 6.07) is 6.88. The van der Waals surface area contributed by atoms with Crippen molar-refractivity contribution in [3.63, 3.8) is 0 Å². The van der Waals surface area contributed by atoms with Crippen molar-refractivity contribution in [2.75, 3.05) is 0 Å². The van der Waals surface area contributed by atoms with Gasteiger partial charge in [-0.15, -0.1) is 11.3 Å². The lowest BCUT2D eigenvalue weighted by molar-refractivity contribution is 0.686. The van der Waals surface area contributed by atoms with E-state index in [0.29, 0.717) is 0 Å². The van der Waals surface area contributed by atoms with Gasteiger partial charge in [0.1, 0.15) is 0 Å². The second kappa shape index (κ2) is 5.06. The summed E-state index contributed by atoms with van der Waals surface area (Å²) in [7, 11) is 0. The Kier molecular flexibility index (Phi) is 3.42. The normalized spacial score (nSPS) is 16.2. The molecule has 3 rings (SSSR count). The largest absolute Gasteiger partial charge is 0.323 e. The van der Waals surface area contributed by atoms with Crippen LogP contribution >= 0.6 is 11.3 Å².